The standard InChI is InChI=1S/C28H29BrN6O2/c29-22-7-4-6-21(18-22)28(36)34-13-5-12-33(14-15-34)26-24-19-30-35(23-8-2-1-3-9-23)27(24)32-25(31-26)20-10-16-37-17-11-20/h1-4,6-9,18-20H,5,10-17H2. The molecule has 2 saturated heterocycles. The van der Waals surface area contributed by atoms with Crippen LogP contribution < -0.4 is 4.90 Å². The molecule has 9 heteroatoms. The number of rotatable bonds is 4. The highest BCUT2D eigenvalue weighted by Crippen LogP contribution is 2.32. The first-order valence-corrected chi connectivity index (χ1v) is 13.7. The van der Waals surface area contributed by atoms with Crippen LogP contribution in [0.15, 0.2) is 65.3 Å². The van der Waals surface area contributed by atoms with Crippen molar-refractivity contribution in [3.05, 3.63) is 76.7 Å². The summed E-state index contributed by atoms with van der Waals surface area (Å²) in [5.74, 6) is 2.09. The van der Waals surface area contributed by atoms with Crippen LogP contribution in [0.25, 0.3) is 16.7 Å². The summed E-state index contributed by atoms with van der Waals surface area (Å²) in [5, 5.41) is 5.65. The molecular formula is C28H29BrN6O2. The Labute approximate surface area is 224 Å². The van der Waals surface area contributed by atoms with Crippen molar-refractivity contribution in [2.24, 2.45) is 0 Å². The molecule has 2 aliphatic heterocycles. The maximum absolute atomic E-state index is 13.2. The fraction of sp³-hybridized carbons (Fsp3) is 0.357. The molecule has 8 nitrogen and oxygen atoms in total. The van der Waals surface area contributed by atoms with Gasteiger partial charge in [0.1, 0.15) is 11.6 Å². The highest BCUT2D eigenvalue weighted by Gasteiger charge is 2.27. The van der Waals surface area contributed by atoms with Gasteiger partial charge in [0.15, 0.2) is 5.65 Å². The third kappa shape index (κ3) is 4.98. The molecule has 0 unspecified atom stereocenters. The number of benzene rings is 2. The van der Waals surface area contributed by atoms with Crippen molar-refractivity contribution >= 4 is 38.7 Å². The molecule has 0 bridgehead atoms. The van der Waals surface area contributed by atoms with E-state index in [9.17, 15) is 4.79 Å². The van der Waals surface area contributed by atoms with Gasteiger partial charge in [-0.15, -0.1) is 0 Å². The molecule has 4 heterocycles. The smallest absolute Gasteiger partial charge is 0.253 e. The number of amides is 1. The zero-order chi connectivity index (χ0) is 25.2. The summed E-state index contributed by atoms with van der Waals surface area (Å²) in [4.78, 5) is 27.6. The maximum atomic E-state index is 13.2. The number of halogens is 1. The molecule has 0 spiro atoms. The van der Waals surface area contributed by atoms with Gasteiger partial charge in [-0.1, -0.05) is 40.2 Å². The van der Waals surface area contributed by atoms with Gasteiger partial charge in [-0.05, 0) is 49.6 Å². The van der Waals surface area contributed by atoms with E-state index in [1.165, 1.54) is 0 Å². The van der Waals surface area contributed by atoms with Crippen molar-refractivity contribution in [2.75, 3.05) is 44.3 Å². The van der Waals surface area contributed by atoms with Crippen LogP contribution in [0.1, 0.15) is 41.4 Å². The van der Waals surface area contributed by atoms with E-state index in [4.69, 9.17) is 19.8 Å². The average molecular weight is 561 g/mol. The van der Waals surface area contributed by atoms with Crippen molar-refractivity contribution in [1.29, 1.82) is 0 Å². The highest BCUT2D eigenvalue weighted by atomic mass is 79.9. The van der Waals surface area contributed by atoms with Gasteiger partial charge in [-0.25, -0.2) is 14.6 Å². The van der Waals surface area contributed by atoms with Crippen molar-refractivity contribution < 1.29 is 9.53 Å². The molecule has 190 valence electrons. The molecule has 0 saturated carbocycles. The fourth-order valence-electron chi connectivity index (χ4n) is 5.18. The summed E-state index contributed by atoms with van der Waals surface area (Å²) in [6, 6.07) is 17.7. The Hall–Kier alpha value is -3.30. The second-order valence-electron chi connectivity index (χ2n) is 9.56. The Morgan fingerprint density at radius 2 is 1.78 bits per heavy atom. The maximum Gasteiger partial charge on any atom is 0.253 e. The first-order chi connectivity index (χ1) is 18.2. The summed E-state index contributed by atoms with van der Waals surface area (Å²) < 4.78 is 8.42. The van der Waals surface area contributed by atoms with Crippen molar-refractivity contribution in [3.63, 3.8) is 0 Å². The number of para-hydroxylation sites is 1. The van der Waals surface area contributed by atoms with Crippen molar-refractivity contribution in [3.8, 4) is 5.69 Å². The van der Waals surface area contributed by atoms with Crippen LogP contribution in [0.3, 0.4) is 0 Å². The predicted molar refractivity (Wildman–Crippen MR) is 146 cm³/mol. The topological polar surface area (TPSA) is 76.4 Å². The van der Waals surface area contributed by atoms with Gasteiger partial charge < -0.3 is 14.5 Å². The van der Waals surface area contributed by atoms with Crippen LogP contribution in [-0.4, -0.2) is 69.9 Å². The van der Waals surface area contributed by atoms with Gasteiger partial charge in [0.25, 0.3) is 5.91 Å². The van der Waals surface area contributed by atoms with Gasteiger partial charge >= 0.3 is 0 Å². The molecule has 0 radical (unpaired) electrons. The lowest BCUT2D eigenvalue weighted by Gasteiger charge is -2.26. The van der Waals surface area contributed by atoms with Crippen molar-refractivity contribution in [2.45, 2.75) is 25.2 Å². The first kappa shape index (κ1) is 24.1. The van der Waals surface area contributed by atoms with Gasteiger partial charge in [-0.3, -0.25) is 4.79 Å². The van der Waals surface area contributed by atoms with E-state index >= 15 is 0 Å². The minimum Gasteiger partial charge on any atom is -0.381 e. The van der Waals surface area contributed by atoms with E-state index < -0.39 is 0 Å². The molecule has 1 amide bonds. The van der Waals surface area contributed by atoms with Crippen molar-refractivity contribution in [1.82, 2.24) is 24.6 Å². The van der Waals surface area contributed by atoms with E-state index in [1.54, 1.807) is 0 Å². The zero-order valence-corrected chi connectivity index (χ0v) is 22.2. The molecule has 4 aromatic rings. The van der Waals surface area contributed by atoms with Crippen LogP contribution in [0.4, 0.5) is 5.82 Å². The van der Waals surface area contributed by atoms with E-state index in [0.29, 0.717) is 25.2 Å². The molecule has 2 aromatic carbocycles. The third-order valence-corrected chi connectivity index (χ3v) is 7.66. The summed E-state index contributed by atoms with van der Waals surface area (Å²) >= 11 is 3.48. The number of aromatic nitrogens is 4. The van der Waals surface area contributed by atoms with E-state index in [0.717, 1.165) is 71.9 Å². The lowest BCUT2D eigenvalue weighted by Crippen LogP contribution is -2.35. The van der Waals surface area contributed by atoms with E-state index in [-0.39, 0.29) is 11.8 Å². The molecule has 2 aromatic heterocycles. The third-order valence-electron chi connectivity index (χ3n) is 7.17. The van der Waals surface area contributed by atoms with Gasteiger partial charge in [0.05, 0.1) is 17.3 Å². The minimum absolute atomic E-state index is 0.0655. The summed E-state index contributed by atoms with van der Waals surface area (Å²) in [6.07, 6.45) is 4.57. The second kappa shape index (κ2) is 10.6. The number of anilines is 1. The van der Waals surface area contributed by atoms with Crippen LogP contribution in [0.2, 0.25) is 0 Å². The number of nitrogens with zero attached hydrogens (tertiary/aromatic N) is 6. The summed E-state index contributed by atoms with van der Waals surface area (Å²) in [5.41, 5.74) is 2.50. The Kier molecular flexibility index (Phi) is 6.89. The van der Waals surface area contributed by atoms with Gasteiger partial charge in [0, 0.05) is 55.3 Å². The monoisotopic (exact) mass is 560 g/mol. The van der Waals surface area contributed by atoms with E-state index in [2.05, 4.69) is 20.8 Å². The lowest BCUT2D eigenvalue weighted by molar-refractivity contribution is 0.0767. The number of carbonyl (C=O) groups excluding carboxylic acids is 1. The number of carbonyl (C=O) groups is 1. The number of fused-ring (bicyclic) bond motifs is 1. The SMILES string of the molecule is O=C(c1cccc(Br)c1)N1CCCN(c2nc(C3CCOCC3)nc3c2cnn3-c2ccccc2)CC1. The average Bonchev–Trinajstić information content (AvgIpc) is 3.22. The summed E-state index contributed by atoms with van der Waals surface area (Å²) in [6.45, 7) is 4.33. The number of ether oxygens (including phenoxy) is 1. The fourth-order valence-corrected chi connectivity index (χ4v) is 5.58. The quantitative estimate of drug-likeness (QED) is 0.356. The molecule has 6 rings (SSSR count). The van der Waals surface area contributed by atoms with Gasteiger partial charge in [-0.2, -0.15) is 5.10 Å². The van der Waals surface area contributed by atoms with Crippen LogP contribution in [0, 0.1) is 0 Å². The van der Waals surface area contributed by atoms with E-state index in [1.807, 2.05) is 70.4 Å². The number of hydrogen-bond donors (Lipinski definition) is 0. The number of hydrogen-bond acceptors (Lipinski definition) is 6. The Bertz CT molecular complexity index is 1400. The minimum atomic E-state index is 0.0655. The Morgan fingerprint density at radius 1 is 0.946 bits per heavy atom. The van der Waals surface area contributed by atoms with Crippen LogP contribution in [0.5, 0.6) is 0 Å². The Morgan fingerprint density at radius 3 is 2.59 bits per heavy atom. The molecule has 0 aliphatic carbocycles. The summed E-state index contributed by atoms with van der Waals surface area (Å²) in [7, 11) is 0. The molecule has 2 fully saturated rings. The first-order valence-electron chi connectivity index (χ1n) is 12.9. The lowest BCUT2D eigenvalue weighted by atomic mass is 9.99. The molecule has 37 heavy (non-hydrogen) atoms. The van der Waals surface area contributed by atoms with Crippen LogP contribution >= 0.6 is 15.9 Å². The zero-order valence-electron chi connectivity index (χ0n) is 20.6. The highest BCUT2D eigenvalue weighted by molar-refractivity contribution is 9.10. The second-order valence-corrected chi connectivity index (χ2v) is 10.5. The van der Waals surface area contributed by atoms with Crippen LogP contribution in [-0.2, 0) is 4.74 Å². The Balaban J connectivity index is 1.34. The normalized spacial score (nSPS) is 17.2. The molecule has 0 N–H and O–H groups in total. The largest absolute Gasteiger partial charge is 0.381 e. The predicted octanol–water partition coefficient (Wildman–Crippen LogP) is 4.82. The molecule has 2 aliphatic rings. The molecule has 0 atom stereocenters. The molecular weight excluding hydrogens is 532 g/mol. The van der Waals surface area contributed by atoms with Gasteiger partial charge in [0.2, 0.25) is 0 Å².